The van der Waals surface area contributed by atoms with Gasteiger partial charge in [-0.25, -0.2) is 4.79 Å². The molecule has 73 heavy (non-hydrogen) atoms. The third kappa shape index (κ3) is 19.8. The molecule has 1 saturated heterocycles. The van der Waals surface area contributed by atoms with Crippen molar-refractivity contribution in [2.75, 3.05) is 6.54 Å². The van der Waals surface area contributed by atoms with Gasteiger partial charge in [-0.15, -0.1) is 0 Å². The van der Waals surface area contributed by atoms with Crippen LogP contribution in [0.5, 0.6) is 5.75 Å². The van der Waals surface area contributed by atoms with Gasteiger partial charge in [-0.3, -0.25) is 47.9 Å². The van der Waals surface area contributed by atoms with Gasteiger partial charge in [0.25, 0.3) is 0 Å². The van der Waals surface area contributed by atoms with Gasteiger partial charge in [-0.05, 0) is 67.2 Å². The molecule has 0 spiro atoms. The molecule has 0 aliphatic carbocycles. The number of hydrogen-bond donors (Lipinski definition) is 12. The van der Waals surface area contributed by atoms with Crippen LogP contribution in [0, 0.1) is 11.8 Å². The lowest BCUT2D eigenvalue weighted by Crippen LogP contribution is -2.61. The van der Waals surface area contributed by atoms with Crippen LogP contribution < -0.4 is 37.6 Å². The van der Waals surface area contributed by atoms with Crippen LogP contribution in [0.15, 0.2) is 54.6 Å². The quantitative estimate of drug-likeness (QED) is 0.0481. The number of likely N-dealkylation sites (tertiary alicyclic amines) is 1. The Bertz CT molecular complexity index is 2280. The standard InChI is InChI=1S/C49H68N8O16/c1-5-27(4)41(56-44(67)33(18-20-39(61)62)51-45(68)34(23-28-10-7-6-8-11-28)53-42(65)31(50)25-40(63)64)48(71)57-21-9-12-37(57)47(70)52-32(17-19-38(59)60)43(66)54-35(24-29-13-15-30(58)16-14-29)46(69)55-36(49(72)73)22-26(2)3/h6-8,10-11,13-16,26-27,31-37,41,58H,5,9,12,17-25,50H2,1-4H3,(H,51,68)(H,52,70)(H,53,65)(H,54,66)(H,55,69)(H,56,67)(H,59,60)(H,61,62)(H,63,64)(H,72,73)/t27-,31-,32-,33-,34-,35-,36-,37-,41-/m0/s1. The smallest absolute Gasteiger partial charge is 0.326 e. The van der Waals surface area contributed by atoms with Crippen molar-refractivity contribution in [3.05, 3.63) is 65.7 Å². The fourth-order valence-electron chi connectivity index (χ4n) is 7.97. The Balaban J connectivity index is 1.90. The number of phenolic OH excluding ortho intramolecular Hbond substituents is 1. The SMILES string of the molecule is CC[C@H](C)[C@H](NC(=O)[C@H](CCC(=O)O)NC(=O)[C@H](Cc1ccccc1)NC(=O)[C@@H](N)CC(=O)O)C(=O)N1CCC[C@H]1C(=O)N[C@@H](CCC(=O)O)C(=O)N[C@@H](Cc1ccc(O)cc1)C(=O)N[C@@H](CC(C)C)C(=O)O. The summed E-state index contributed by atoms with van der Waals surface area (Å²) < 4.78 is 0. The molecule has 24 nitrogen and oxygen atoms in total. The predicted molar refractivity (Wildman–Crippen MR) is 259 cm³/mol. The largest absolute Gasteiger partial charge is 0.508 e. The zero-order valence-corrected chi connectivity index (χ0v) is 41.2. The summed E-state index contributed by atoms with van der Waals surface area (Å²) in [5.74, 6) is -12.7. The first-order valence-electron chi connectivity index (χ1n) is 24.0. The van der Waals surface area contributed by atoms with E-state index in [1.54, 1.807) is 58.0 Å². The Kier molecular flexibility index (Phi) is 23.7. The van der Waals surface area contributed by atoms with Crippen molar-refractivity contribution < 1.29 is 78.3 Å². The van der Waals surface area contributed by atoms with Crippen LogP contribution in [-0.4, -0.2) is 151 Å². The van der Waals surface area contributed by atoms with Gasteiger partial charge in [0.05, 0.1) is 12.5 Å². The zero-order chi connectivity index (χ0) is 54.5. The second-order valence-corrected chi connectivity index (χ2v) is 18.5. The average molecular weight is 1030 g/mol. The number of amides is 7. The maximum Gasteiger partial charge on any atom is 0.326 e. The monoisotopic (exact) mass is 1020 g/mol. The normalized spacial score (nSPS) is 16.5. The second-order valence-electron chi connectivity index (χ2n) is 18.5. The Morgan fingerprint density at radius 2 is 1.10 bits per heavy atom. The number of benzene rings is 2. The molecule has 400 valence electrons. The summed E-state index contributed by atoms with van der Waals surface area (Å²) in [6.45, 7) is 6.83. The summed E-state index contributed by atoms with van der Waals surface area (Å²) in [5, 5.41) is 62.9. The number of carboxylic acid groups (broad SMARTS) is 4. The molecule has 0 bridgehead atoms. The van der Waals surface area contributed by atoms with Crippen LogP contribution in [0.25, 0.3) is 0 Å². The number of nitrogens with two attached hydrogens (primary N) is 1. The van der Waals surface area contributed by atoms with Crippen molar-refractivity contribution in [3.8, 4) is 5.75 Å². The lowest BCUT2D eigenvalue weighted by molar-refractivity contribution is -0.144. The number of phenols is 1. The maximum absolute atomic E-state index is 14.5. The molecule has 0 aromatic heterocycles. The molecule has 3 rings (SSSR count). The van der Waals surface area contributed by atoms with E-state index in [9.17, 15) is 73.2 Å². The van der Waals surface area contributed by atoms with Crippen LogP contribution in [0.4, 0.5) is 0 Å². The highest BCUT2D eigenvalue weighted by atomic mass is 16.4. The van der Waals surface area contributed by atoms with E-state index in [0.29, 0.717) is 11.1 Å². The maximum atomic E-state index is 14.5. The molecule has 1 fully saturated rings. The first kappa shape index (κ1) is 59.7. The van der Waals surface area contributed by atoms with E-state index in [2.05, 4.69) is 31.9 Å². The van der Waals surface area contributed by atoms with Crippen molar-refractivity contribution in [3.63, 3.8) is 0 Å². The van der Waals surface area contributed by atoms with E-state index in [0.717, 1.165) is 0 Å². The van der Waals surface area contributed by atoms with E-state index in [4.69, 9.17) is 10.8 Å². The molecule has 13 N–H and O–H groups in total. The molecule has 1 heterocycles. The average Bonchev–Trinajstić information content (AvgIpc) is 3.83. The summed E-state index contributed by atoms with van der Waals surface area (Å²) in [4.78, 5) is 145. The molecule has 2 aromatic rings. The summed E-state index contributed by atoms with van der Waals surface area (Å²) in [6, 6.07) is 2.28. The number of carbonyl (C=O) groups excluding carboxylic acids is 7. The molecule has 1 aliphatic rings. The zero-order valence-electron chi connectivity index (χ0n) is 41.2. The van der Waals surface area contributed by atoms with Crippen molar-refractivity contribution in [1.29, 1.82) is 0 Å². The number of carboxylic acids is 4. The number of hydrogen-bond acceptors (Lipinski definition) is 13. The van der Waals surface area contributed by atoms with Gasteiger partial charge >= 0.3 is 23.9 Å². The van der Waals surface area contributed by atoms with Gasteiger partial charge in [0, 0.05) is 32.2 Å². The molecule has 24 heteroatoms. The fraction of sp³-hybridized carbons (Fsp3) is 0.531. The summed E-state index contributed by atoms with van der Waals surface area (Å²) in [5.41, 5.74) is 6.74. The van der Waals surface area contributed by atoms with Gasteiger partial charge in [-0.2, -0.15) is 0 Å². The van der Waals surface area contributed by atoms with Gasteiger partial charge < -0.3 is 68.1 Å². The molecular weight excluding hydrogens is 957 g/mol. The Labute approximate surface area is 421 Å². The lowest BCUT2D eigenvalue weighted by atomic mass is 9.96. The number of rotatable bonds is 30. The van der Waals surface area contributed by atoms with Gasteiger partial charge in [0.1, 0.15) is 48.0 Å². The minimum Gasteiger partial charge on any atom is -0.508 e. The third-order valence-corrected chi connectivity index (χ3v) is 12.2. The Morgan fingerprint density at radius 1 is 0.616 bits per heavy atom. The number of nitrogens with zero attached hydrogens (tertiary/aromatic N) is 1. The number of aliphatic carboxylic acids is 4. The molecule has 7 amide bonds. The van der Waals surface area contributed by atoms with E-state index < -0.39 is 152 Å². The van der Waals surface area contributed by atoms with Gasteiger partial charge in [0.15, 0.2) is 0 Å². The molecule has 0 radical (unpaired) electrons. The van der Waals surface area contributed by atoms with Crippen LogP contribution in [0.3, 0.4) is 0 Å². The van der Waals surface area contributed by atoms with Gasteiger partial charge in [0.2, 0.25) is 41.4 Å². The number of aromatic hydroxyl groups is 1. The first-order chi connectivity index (χ1) is 34.4. The molecule has 0 unspecified atom stereocenters. The van der Waals surface area contributed by atoms with Crippen LogP contribution in [0.2, 0.25) is 0 Å². The van der Waals surface area contributed by atoms with Crippen molar-refractivity contribution in [2.45, 2.75) is 147 Å². The lowest BCUT2D eigenvalue weighted by Gasteiger charge is -2.33. The van der Waals surface area contributed by atoms with Crippen molar-refractivity contribution >= 4 is 65.2 Å². The highest BCUT2D eigenvalue weighted by Crippen LogP contribution is 2.23. The van der Waals surface area contributed by atoms with Crippen LogP contribution >= 0.6 is 0 Å². The third-order valence-electron chi connectivity index (χ3n) is 12.2. The van der Waals surface area contributed by atoms with Crippen LogP contribution in [-0.2, 0) is 65.6 Å². The number of nitrogens with one attached hydrogen (secondary N) is 6. The van der Waals surface area contributed by atoms with Crippen molar-refractivity contribution in [1.82, 2.24) is 36.8 Å². The number of carbonyl (C=O) groups is 11. The van der Waals surface area contributed by atoms with E-state index in [1.807, 2.05) is 0 Å². The van der Waals surface area contributed by atoms with E-state index in [-0.39, 0.29) is 56.7 Å². The molecule has 9 atom stereocenters. The summed E-state index contributed by atoms with van der Waals surface area (Å²) in [6.07, 6.45) is -2.69. The Hall–Kier alpha value is -7.63. The van der Waals surface area contributed by atoms with Crippen molar-refractivity contribution in [2.24, 2.45) is 17.6 Å². The first-order valence-corrected chi connectivity index (χ1v) is 24.0. The van der Waals surface area contributed by atoms with Crippen LogP contribution in [0.1, 0.15) is 96.6 Å². The van der Waals surface area contributed by atoms with Gasteiger partial charge in [-0.1, -0.05) is 76.6 Å². The second kappa shape index (κ2) is 29.0. The summed E-state index contributed by atoms with van der Waals surface area (Å²) >= 11 is 0. The predicted octanol–water partition coefficient (Wildman–Crippen LogP) is -0.214. The fourth-order valence-corrected chi connectivity index (χ4v) is 7.97. The molecule has 2 aromatic carbocycles. The van der Waals surface area contributed by atoms with E-state index >= 15 is 0 Å². The molecule has 0 saturated carbocycles. The highest BCUT2D eigenvalue weighted by molar-refractivity contribution is 5.98. The minimum absolute atomic E-state index is 0.00817. The summed E-state index contributed by atoms with van der Waals surface area (Å²) in [7, 11) is 0. The minimum atomic E-state index is -1.61. The highest BCUT2D eigenvalue weighted by Gasteiger charge is 2.42. The van der Waals surface area contributed by atoms with E-state index in [1.165, 1.54) is 29.2 Å². The Morgan fingerprint density at radius 3 is 1.60 bits per heavy atom. The molecular formula is C49H68N8O16. The molecule has 1 aliphatic heterocycles. The topological polar surface area (TPSA) is 390 Å².